The topological polar surface area (TPSA) is 113 Å². The number of nitrogens with zero attached hydrogens (tertiary/aromatic N) is 1. The van der Waals surface area contributed by atoms with Crippen molar-refractivity contribution in [2.45, 2.75) is 23.9 Å². The minimum atomic E-state index is -1.30. The van der Waals surface area contributed by atoms with Gasteiger partial charge in [0.25, 0.3) is 5.91 Å². The van der Waals surface area contributed by atoms with E-state index in [-0.39, 0.29) is 29.4 Å². The van der Waals surface area contributed by atoms with Crippen LogP contribution in [0.1, 0.15) is 22.1 Å². The predicted molar refractivity (Wildman–Crippen MR) is 139 cm³/mol. The van der Waals surface area contributed by atoms with Gasteiger partial charge in [-0.25, -0.2) is 9.59 Å². The molecule has 1 saturated heterocycles. The molecule has 3 aromatic rings. The average molecular weight is 535 g/mol. The van der Waals surface area contributed by atoms with Crippen molar-refractivity contribution in [3.05, 3.63) is 105 Å². The lowest BCUT2D eigenvalue weighted by Gasteiger charge is -2.49. The number of nitrogens with one attached hydrogen (secondary N) is 1. The van der Waals surface area contributed by atoms with Crippen molar-refractivity contribution in [1.29, 1.82) is 0 Å². The molecular weight excluding hydrogens is 512 g/mol. The third kappa shape index (κ3) is 5.03. The van der Waals surface area contributed by atoms with Crippen LogP contribution in [0.25, 0.3) is 0 Å². The number of amides is 2. The SMILES string of the molecule is O=C(Cc1cccs1)NC1C(=O)N2C(C(=O)OC(c3ccccc3)c3ccccc3)=C(C(=O)O)CS[C@H]12. The maximum Gasteiger partial charge on any atom is 0.356 e. The van der Waals surface area contributed by atoms with Crippen LogP contribution in [0, 0.1) is 0 Å². The number of rotatable bonds is 8. The number of esters is 1. The van der Waals surface area contributed by atoms with Gasteiger partial charge in [0.1, 0.15) is 17.1 Å². The molecule has 2 amide bonds. The van der Waals surface area contributed by atoms with Crippen LogP contribution in [-0.4, -0.2) is 50.9 Å². The summed E-state index contributed by atoms with van der Waals surface area (Å²) >= 11 is 2.63. The molecular formula is C27H22N2O6S2. The molecule has 10 heteroatoms. The Morgan fingerprint density at radius 3 is 2.22 bits per heavy atom. The summed E-state index contributed by atoms with van der Waals surface area (Å²) in [6.45, 7) is 0. The minimum Gasteiger partial charge on any atom is -0.478 e. The third-order valence-electron chi connectivity index (χ3n) is 6.08. The zero-order valence-corrected chi connectivity index (χ0v) is 21.0. The summed E-state index contributed by atoms with van der Waals surface area (Å²) in [5.74, 6) is -3.07. The van der Waals surface area contributed by atoms with Crippen molar-refractivity contribution in [1.82, 2.24) is 10.2 Å². The second-order valence-electron chi connectivity index (χ2n) is 8.45. The number of benzene rings is 2. The average Bonchev–Trinajstić information content (AvgIpc) is 3.43. The number of fused-ring (bicyclic) bond motifs is 1. The van der Waals surface area contributed by atoms with Crippen LogP contribution in [0.15, 0.2) is 89.4 Å². The number of thiophene rings is 1. The molecule has 3 heterocycles. The molecule has 37 heavy (non-hydrogen) atoms. The molecule has 2 aliphatic rings. The lowest BCUT2D eigenvalue weighted by atomic mass is 10.0. The molecule has 0 aliphatic carbocycles. The Labute approximate surface area is 220 Å². The van der Waals surface area contributed by atoms with E-state index in [1.807, 2.05) is 78.2 Å². The van der Waals surface area contributed by atoms with Crippen LogP contribution in [0.4, 0.5) is 0 Å². The van der Waals surface area contributed by atoms with Gasteiger partial charge in [0.2, 0.25) is 5.91 Å². The van der Waals surface area contributed by atoms with Crippen LogP contribution >= 0.6 is 23.1 Å². The van der Waals surface area contributed by atoms with E-state index < -0.39 is 35.4 Å². The summed E-state index contributed by atoms with van der Waals surface area (Å²) in [6, 6.07) is 21.0. The van der Waals surface area contributed by atoms with Gasteiger partial charge in [-0.3, -0.25) is 14.5 Å². The Morgan fingerprint density at radius 2 is 1.65 bits per heavy atom. The zero-order chi connectivity index (χ0) is 25.9. The molecule has 1 fully saturated rings. The van der Waals surface area contributed by atoms with Crippen molar-refractivity contribution < 1.29 is 29.0 Å². The van der Waals surface area contributed by atoms with E-state index in [9.17, 15) is 24.3 Å². The zero-order valence-electron chi connectivity index (χ0n) is 19.4. The first kappa shape index (κ1) is 24.8. The van der Waals surface area contributed by atoms with Gasteiger partial charge in [0.05, 0.1) is 12.0 Å². The van der Waals surface area contributed by atoms with Gasteiger partial charge < -0.3 is 15.2 Å². The fourth-order valence-corrected chi connectivity index (χ4v) is 6.35. The van der Waals surface area contributed by atoms with E-state index in [1.54, 1.807) is 0 Å². The molecule has 2 aliphatic heterocycles. The first-order valence-electron chi connectivity index (χ1n) is 11.5. The van der Waals surface area contributed by atoms with Crippen molar-refractivity contribution in [3.8, 4) is 0 Å². The lowest BCUT2D eigenvalue weighted by molar-refractivity contribution is -0.155. The molecule has 1 unspecified atom stereocenters. The number of carboxylic acid groups (broad SMARTS) is 1. The Balaban J connectivity index is 1.39. The smallest absolute Gasteiger partial charge is 0.356 e. The van der Waals surface area contributed by atoms with Crippen molar-refractivity contribution in [3.63, 3.8) is 0 Å². The Kier molecular flexibility index (Phi) is 7.11. The fourth-order valence-electron chi connectivity index (χ4n) is 4.32. The highest BCUT2D eigenvalue weighted by molar-refractivity contribution is 8.00. The number of carbonyl (C=O) groups excluding carboxylic acids is 3. The maximum atomic E-state index is 13.5. The summed E-state index contributed by atoms with van der Waals surface area (Å²) in [7, 11) is 0. The molecule has 2 N–H and O–H groups in total. The second-order valence-corrected chi connectivity index (χ2v) is 10.6. The molecule has 0 spiro atoms. The molecule has 2 atom stereocenters. The van der Waals surface area contributed by atoms with Gasteiger partial charge >= 0.3 is 11.9 Å². The van der Waals surface area contributed by atoms with Gasteiger partial charge in [-0.05, 0) is 22.6 Å². The summed E-state index contributed by atoms with van der Waals surface area (Å²) in [5, 5.41) is 13.8. The fraction of sp³-hybridized carbons (Fsp3) is 0.185. The molecule has 188 valence electrons. The summed E-state index contributed by atoms with van der Waals surface area (Å²) in [4.78, 5) is 53.2. The standard InChI is InChI=1S/C27H22N2O6S2/c30-20(14-18-12-7-13-36-18)28-21-24(31)29-22(19(26(32)33)15-37-25(21)29)27(34)35-23(16-8-3-1-4-9-16)17-10-5-2-6-11-17/h1-13,21,23,25H,14-15H2,(H,28,30)(H,32,33)/t21?,25-/m1/s1. The van der Waals surface area contributed by atoms with Gasteiger partial charge in [-0.15, -0.1) is 23.1 Å². The van der Waals surface area contributed by atoms with Crippen molar-refractivity contribution in [2.24, 2.45) is 0 Å². The highest BCUT2D eigenvalue weighted by Crippen LogP contribution is 2.41. The third-order valence-corrected chi connectivity index (χ3v) is 8.24. The lowest BCUT2D eigenvalue weighted by Crippen LogP contribution is -2.70. The van der Waals surface area contributed by atoms with E-state index in [0.717, 1.165) is 9.78 Å². The quantitative estimate of drug-likeness (QED) is 0.337. The number of β-lactam (4-membered cyclic amide) rings is 1. The van der Waals surface area contributed by atoms with Crippen LogP contribution in [0.5, 0.6) is 0 Å². The van der Waals surface area contributed by atoms with E-state index in [4.69, 9.17) is 4.74 Å². The van der Waals surface area contributed by atoms with Crippen molar-refractivity contribution in [2.75, 3.05) is 5.75 Å². The molecule has 2 aromatic carbocycles. The van der Waals surface area contributed by atoms with Crippen LogP contribution < -0.4 is 5.32 Å². The maximum absolute atomic E-state index is 13.5. The monoisotopic (exact) mass is 534 g/mol. The van der Waals surface area contributed by atoms with Crippen LogP contribution in [0.3, 0.4) is 0 Å². The molecule has 8 nitrogen and oxygen atoms in total. The first-order chi connectivity index (χ1) is 17.9. The number of ether oxygens (including phenoxy) is 1. The van der Waals surface area contributed by atoms with Gasteiger partial charge in [-0.1, -0.05) is 66.7 Å². The summed E-state index contributed by atoms with van der Waals surface area (Å²) in [5.41, 5.74) is 0.912. The normalized spacial score (nSPS) is 18.7. The largest absolute Gasteiger partial charge is 0.478 e. The summed E-state index contributed by atoms with van der Waals surface area (Å²) in [6.07, 6.45) is -0.664. The highest BCUT2D eigenvalue weighted by atomic mass is 32.2. The highest BCUT2D eigenvalue weighted by Gasteiger charge is 2.55. The molecule has 1 aromatic heterocycles. The van der Waals surface area contributed by atoms with Crippen LogP contribution in [-0.2, 0) is 30.3 Å². The Hall–Kier alpha value is -3.89. The van der Waals surface area contributed by atoms with E-state index in [2.05, 4.69) is 5.32 Å². The van der Waals surface area contributed by atoms with Gasteiger partial charge in [-0.2, -0.15) is 0 Å². The number of thioether (sulfide) groups is 1. The molecule has 0 saturated carbocycles. The number of carboxylic acids is 1. The van der Waals surface area contributed by atoms with Crippen molar-refractivity contribution >= 4 is 46.9 Å². The molecule has 0 radical (unpaired) electrons. The van der Waals surface area contributed by atoms with Gasteiger partial charge in [0.15, 0.2) is 6.10 Å². The molecule has 5 rings (SSSR count). The number of hydrogen-bond donors (Lipinski definition) is 2. The number of carbonyl (C=O) groups is 4. The second kappa shape index (κ2) is 10.6. The number of hydrogen-bond acceptors (Lipinski definition) is 7. The van der Waals surface area contributed by atoms with E-state index in [1.165, 1.54) is 23.1 Å². The molecule has 0 bridgehead atoms. The Morgan fingerprint density at radius 1 is 1.00 bits per heavy atom. The first-order valence-corrected chi connectivity index (χ1v) is 13.4. The van der Waals surface area contributed by atoms with E-state index in [0.29, 0.717) is 11.1 Å². The number of aliphatic carboxylic acids is 1. The van der Waals surface area contributed by atoms with Crippen LogP contribution in [0.2, 0.25) is 0 Å². The Bertz CT molecular complexity index is 1320. The minimum absolute atomic E-state index is 0.00709. The predicted octanol–water partition coefficient (Wildman–Crippen LogP) is 3.36. The van der Waals surface area contributed by atoms with Gasteiger partial charge in [0, 0.05) is 10.6 Å². The van der Waals surface area contributed by atoms with E-state index >= 15 is 0 Å². The summed E-state index contributed by atoms with van der Waals surface area (Å²) < 4.78 is 5.88.